The van der Waals surface area contributed by atoms with Gasteiger partial charge in [0.2, 0.25) is 0 Å². The van der Waals surface area contributed by atoms with E-state index < -0.39 is 0 Å². The normalized spacial score (nSPS) is 22.0. The van der Waals surface area contributed by atoms with E-state index in [1.54, 1.807) is 0 Å². The van der Waals surface area contributed by atoms with E-state index >= 15 is 0 Å². The van der Waals surface area contributed by atoms with Gasteiger partial charge in [-0.25, -0.2) is 0 Å². The molecular weight excluding hydrogens is 276 g/mol. The van der Waals surface area contributed by atoms with Crippen LogP contribution in [0.3, 0.4) is 0 Å². The molecule has 1 N–H and O–H groups in total. The summed E-state index contributed by atoms with van der Waals surface area (Å²) in [4.78, 5) is 2.86. The topological polar surface area (TPSA) is 15.3 Å². The van der Waals surface area contributed by atoms with Gasteiger partial charge in [-0.2, -0.15) is 11.8 Å². The molecule has 124 valence electrons. The maximum Gasteiger partial charge on any atom is 0.0110 e. The van der Waals surface area contributed by atoms with Crippen LogP contribution in [0.25, 0.3) is 0 Å². The highest BCUT2D eigenvalue weighted by molar-refractivity contribution is 7.98. The van der Waals surface area contributed by atoms with E-state index in [-0.39, 0.29) is 0 Å². The third kappa shape index (κ3) is 6.92. The van der Waals surface area contributed by atoms with E-state index in [1.165, 1.54) is 96.1 Å². The lowest BCUT2D eigenvalue weighted by Gasteiger charge is -2.37. The molecule has 3 heteroatoms. The third-order valence-corrected chi connectivity index (χ3v) is 5.98. The van der Waals surface area contributed by atoms with Crippen LogP contribution in [0.5, 0.6) is 0 Å². The Morgan fingerprint density at radius 2 is 1.57 bits per heavy atom. The molecule has 2 aliphatic rings. The monoisotopic (exact) mass is 312 g/mol. The maximum atomic E-state index is 3.63. The summed E-state index contributed by atoms with van der Waals surface area (Å²) in [5, 5.41) is 3.63. The molecule has 0 amide bonds. The lowest BCUT2D eigenvalue weighted by atomic mass is 9.87. The summed E-state index contributed by atoms with van der Waals surface area (Å²) in [5.41, 5.74) is 0. The Hall–Kier alpha value is 0.270. The molecule has 0 aromatic carbocycles. The van der Waals surface area contributed by atoms with Gasteiger partial charge >= 0.3 is 0 Å². The molecule has 2 saturated carbocycles. The molecule has 0 atom stereocenters. The Kier molecular flexibility index (Phi) is 9.15. The first-order valence-electron chi connectivity index (χ1n) is 9.34. The Morgan fingerprint density at radius 3 is 2.24 bits per heavy atom. The number of rotatable bonds is 9. The molecule has 0 aromatic rings. The largest absolute Gasteiger partial charge is 0.315 e. The highest BCUT2D eigenvalue weighted by atomic mass is 32.2. The minimum atomic E-state index is 0.892. The molecule has 2 aliphatic carbocycles. The van der Waals surface area contributed by atoms with Gasteiger partial charge in [-0.15, -0.1) is 0 Å². The molecule has 21 heavy (non-hydrogen) atoms. The Labute approximate surface area is 136 Å². The molecule has 0 spiro atoms. The lowest BCUT2D eigenvalue weighted by Crippen LogP contribution is -2.44. The Morgan fingerprint density at radius 1 is 0.905 bits per heavy atom. The highest BCUT2D eigenvalue weighted by Gasteiger charge is 2.24. The van der Waals surface area contributed by atoms with Crippen LogP contribution in [0.15, 0.2) is 0 Å². The summed E-state index contributed by atoms with van der Waals surface area (Å²) in [6, 6.07) is 0.892. The summed E-state index contributed by atoms with van der Waals surface area (Å²) in [6.07, 6.45) is 16.9. The smallest absolute Gasteiger partial charge is 0.0110 e. The molecule has 0 radical (unpaired) electrons. The van der Waals surface area contributed by atoms with Crippen molar-refractivity contribution in [2.75, 3.05) is 38.2 Å². The van der Waals surface area contributed by atoms with Crippen molar-refractivity contribution in [2.24, 2.45) is 5.92 Å². The Balaban J connectivity index is 1.74. The van der Waals surface area contributed by atoms with Gasteiger partial charge in [-0.3, -0.25) is 4.90 Å². The van der Waals surface area contributed by atoms with E-state index in [1.807, 2.05) is 11.8 Å². The van der Waals surface area contributed by atoms with Gasteiger partial charge in [-0.05, 0) is 37.9 Å². The fourth-order valence-corrected chi connectivity index (χ4v) is 4.44. The quantitative estimate of drug-likeness (QED) is 0.644. The fraction of sp³-hybridized carbons (Fsp3) is 1.00. The van der Waals surface area contributed by atoms with Gasteiger partial charge in [0, 0.05) is 38.0 Å². The number of nitrogens with one attached hydrogen (secondary N) is 1. The van der Waals surface area contributed by atoms with Crippen LogP contribution >= 0.6 is 11.8 Å². The minimum absolute atomic E-state index is 0.892. The minimum Gasteiger partial charge on any atom is -0.315 e. The van der Waals surface area contributed by atoms with Crippen LogP contribution in [0.2, 0.25) is 0 Å². The van der Waals surface area contributed by atoms with Crippen molar-refractivity contribution in [1.29, 1.82) is 0 Å². The van der Waals surface area contributed by atoms with Crippen molar-refractivity contribution in [2.45, 2.75) is 70.3 Å². The van der Waals surface area contributed by atoms with Gasteiger partial charge in [0.25, 0.3) is 0 Å². The molecule has 0 aliphatic heterocycles. The second-order valence-corrected chi connectivity index (χ2v) is 8.02. The van der Waals surface area contributed by atoms with E-state index in [9.17, 15) is 0 Å². The number of nitrogens with zero attached hydrogens (tertiary/aromatic N) is 1. The van der Waals surface area contributed by atoms with Crippen LogP contribution in [0.4, 0.5) is 0 Å². The molecule has 0 unspecified atom stereocenters. The highest BCUT2D eigenvalue weighted by Crippen LogP contribution is 2.28. The van der Waals surface area contributed by atoms with Gasteiger partial charge in [0.05, 0.1) is 0 Å². The summed E-state index contributed by atoms with van der Waals surface area (Å²) in [7, 11) is 0. The predicted molar refractivity (Wildman–Crippen MR) is 96.3 cm³/mol. The zero-order valence-electron chi connectivity index (χ0n) is 14.1. The molecule has 0 saturated heterocycles. The van der Waals surface area contributed by atoms with E-state index in [0.29, 0.717) is 0 Å². The standard InChI is InChI=1S/C18H36N2S/c1-21-15-13-19-12-14-20(18-10-6-3-7-11-18)16-17-8-4-2-5-9-17/h17-19H,2-16H2,1H3. The summed E-state index contributed by atoms with van der Waals surface area (Å²) in [5.74, 6) is 2.23. The fourth-order valence-electron chi connectivity index (χ4n) is 4.09. The van der Waals surface area contributed by atoms with Crippen molar-refractivity contribution < 1.29 is 0 Å². The van der Waals surface area contributed by atoms with Crippen molar-refractivity contribution >= 4 is 11.8 Å². The molecule has 0 heterocycles. The van der Waals surface area contributed by atoms with Gasteiger partial charge in [-0.1, -0.05) is 38.5 Å². The maximum absolute atomic E-state index is 3.63. The zero-order valence-corrected chi connectivity index (χ0v) is 14.9. The SMILES string of the molecule is CSCCNCCN(CC1CCCCC1)C1CCCCC1. The van der Waals surface area contributed by atoms with Crippen molar-refractivity contribution in [1.82, 2.24) is 10.2 Å². The van der Waals surface area contributed by atoms with Gasteiger partial charge < -0.3 is 5.32 Å². The van der Waals surface area contributed by atoms with Crippen LogP contribution in [0.1, 0.15) is 64.2 Å². The second kappa shape index (κ2) is 10.9. The Bertz CT molecular complexity index is 248. The van der Waals surface area contributed by atoms with E-state index in [4.69, 9.17) is 0 Å². The van der Waals surface area contributed by atoms with Crippen molar-refractivity contribution in [3.8, 4) is 0 Å². The first-order valence-corrected chi connectivity index (χ1v) is 10.7. The third-order valence-electron chi connectivity index (χ3n) is 5.37. The van der Waals surface area contributed by atoms with Gasteiger partial charge in [0.15, 0.2) is 0 Å². The molecule has 0 bridgehead atoms. The summed E-state index contributed by atoms with van der Waals surface area (Å²) >= 11 is 1.94. The van der Waals surface area contributed by atoms with Crippen LogP contribution in [-0.4, -0.2) is 49.1 Å². The van der Waals surface area contributed by atoms with Crippen LogP contribution in [-0.2, 0) is 0 Å². The van der Waals surface area contributed by atoms with Crippen LogP contribution < -0.4 is 5.32 Å². The van der Waals surface area contributed by atoms with E-state index in [0.717, 1.165) is 12.0 Å². The average molecular weight is 313 g/mol. The summed E-state index contributed by atoms with van der Waals surface area (Å²) in [6.45, 7) is 5.01. The second-order valence-electron chi connectivity index (χ2n) is 7.03. The van der Waals surface area contributed by atoms with Crippen LogP contribution in [0, 0.1) is 5.92 Å². The van der Waals surface area contributed by atoms with Crippen molar-refractivity contribution in [3.63, 3.8) is 0 Å². The molecule has 2 fully saturated rings. The number of hydrogen-bond acceptors (Lipinski definition) is 3. The molecule has 0 aromatic heterocycles. The first-order chi connectivity index (χ1) is 10.4. The van der Waals surface area contributed by atoms with Gasteiger partial charge in [0.1, 0.15) is 0 Å². The van der Waals surface area contributed by atoms with E-state index in [2.05, 4.69) is 16.5 Å². The first kappa shape index (κ1) is 17.6. The van der Waals surface area contributed by atoms with Crippen molar-refractivity contribution in [3.05, 3.63) is 0 Å². The number of thioether (sulfide) groups is 1. The zero-order chi connectivity index (χ0) is 14.8. The molecular formula is C18H36N2S. The number of hydrogen-bond donors (Lipinski definition) is 1. The average Bonchev–Trinajstić information content (AvgIpc) is 2.55. The lowest BCUT2D eigenvalue weighted by molar-refractivity contribution is 0.121. The molecule has 2 nitrogen and oxygen atoms in total. The summed E-state index contributed by atoms with van der Waals surface area (Å²) < 4.78 is 0. The predicted octanol–water partition coefficient (Wildman–Crippen LogP) is 4.15. The molecule has 2 rings (SSSR count).